The summed E-state index contributed by atoms with van der Waals surface area (Å²) < 4.78 is 55.2. The Balaban J connectivity index is 1.31. The maximum Gasteiger partial charge on any atom is 0.243 e. The molecular weight excluding hydrogens is 414 g/mol. The summed E-state index contributed by atoms with van der Waals surface area (Å²) in [4.78, 5) is 16.8. The van der Waals surface area contributed by atoms with Crippen LogP contribution in [0.5, 0.6) is 0 Å². The molecule has 2 aliphatic rings. The number of piperidine rings is 1. The van der Waals surface area contributed by atoms with E-state index in [-0.39, 0.29) is 29.8 Å². The predicted molar refractivity (Wildman–Crippen MR) is 105 cm³/mol. The van der Waals surface area contributed by atoms with Crippen molar-refractivity contribution in [2.45, 2.75) is 50.1 Å². The fourth-order valence-corrected chi connectivity index (χ4v) is 5.51. The van der Waals surface area contributed by atoms with Crippen LogP contribution in [0.15, 0.2) is 29.3 Å². The number of sulfonamides is 1. The molecule has 1 N–H and O–H groups in total. The van der Waals surface area contributed by atoms with E-state index >= 15 is 0 Å². The molecule has 7 nitrogen and oxygen atoms in total. The van der Waals surface area contributed by atoms with E-state index in [2.05, 4.69) is 14.9 Å². The lowest BCUT2D eigenvalue weighted by molar-refractivity contribution is -0.126. The van der Waals surface area contributed by atoms with E-state index in [4.69, 9.17) is 0 Å². The third-order valence-electron chi connectivity index (χ3n) is 5.76. The predicted octanol–water partition coefficient (Wildman–Crippen LogP) is 2.21. The molecule has 0 saturated carbocycles. The van der Waals surface area contributed by atoms with Crippen LogP contribution < -0.4 is 5.32 Å². The number of halogens is 2. The molecular formula is C20H24F2N4O3S. The number of aromatic nitrogens is 2. The van der Waals surface area contributed by atoms with Crippen molar-refractivity contribution < 1.29 is 22.0 Å². The van der Waals surface area contributed by atoms with E-state index < -0.39 is 21.7 Å². The van der Waals surface area contributed by atoms with Crippen LogP contribution in [0.3, 0.4) is 0 Å². The quantitative estimate of drug-likeness (QED) is 0.776. The zero-order valence-corrected chi connectivity index (χ0v) is 17.3. The first-order valence-electron chi connectivity index (χ1n) is 10.1. The van der Waals surface area contributed by atoms with Crippen molar-refractivity contribution in [1.29, 1.82) is 0 Å². The highest BCUT2D eigenvalue weighted by molar-refractivity contribution is 7.89. The second-order valence-electron chi connectivity index (χ2n) is 7.77. The maximum absolute atomic E-state index is 13.4. The standard InChI is InChI=1S/C20H24F2N4O3S/c21-17-5-4-16(11-18(17)22)30(28,29)26-9-6-14(7-10-26)20(27)23-12-15-13-25-8-2-1-3-19(25)24-15/h4-5,11,13-14H,1-3,6-10,12H2,(H,23,27). The molecule has 0 atom stereocenters. The molecule has 10 heteroatoms. The second-order valence-corrected chi connectivity index (χ2v) is 9.71. The zero-order valence-electron chi connectivity index (χ0n) is 16.5. The van der Waals surface area contributed by atoms with E-state index in [1.165, 1.54) is 4.31 Å². The number of fused-ring (bicyclic) bond motifs is 1. The molecule has 30 heavy (non-hydrogen) atoms. The van der Waals surface area contributed by atoms with Gasteiger partial charge in [0.1, 0.15) is 5.82 Å². The number of carbonyl (C=O) groups is 1. The normalized spacial score (nSPS) is 18.2. The van der Waals surface area contributed by atoms with Gasteiger partial charge in [0.2, 0.25) is 15.9 Å². The number of carbonyl (C=O) groups excluding carboxylic acids is 1. The highest BCUT2D eigenvalue weighted by atomic mass is 32.2. The van der Waals surface area contributed by atoms with Gasteiger partial charge in [0.05, 0.1) is 17.1 Å². The summed E-state index contributed by atoms with van der Waals surface area (Å²) in [6, 6.07) is 2.54. The van der Waals surface area contributed by atoms with Gasteiger partial charge in [-0.25, -0.2) is 22.2 Å². The molecule has 1 aromatic heterocycles. The van der Waals surface area contributed by atoms with Gasteiger partial charge in [0, 0.05) is 38.2 Å². The van der Waals surface area contributed by atoms with Gasteiger partial charge in [-0.3, -0.25) is 4.79 Å². The molecule has 1 amide bonds. The van der Waals surface area contributed by atoms with Gasteiger partial charge in [-0.05, 0) is 43.9 Å². The average Bonchev–Trinajstić information content (AvgIpc) is 3.17. The maximum atomic E-state index is 13.4. The lowest BCUT2D eigenvalue weighted by Crippen LogP contribution is -2.42. The Morgan fingerprint density at radius 1 is 1.13 bits per heavy atom. The summed E-state index contributed by atoms with van der Waals surface area (Å²) in [6.07, 6.45) is 5.95. The summed E-state index contributed by atoms with van der Waals surface area (Å²) in [5.41, 5.74) is 0.832. The zero-order chi connectivity index (χ0) is 21.3. The molecule has 162 valence electrons. The number of imidazole rings is 1. The van der Waals surface area contributed by atoms with E-state index in [9.17, 15) is 22.0 Å². The Morgan fingerprint density at radius 2 is 1.90 bits per heavy atom. The largest absolute Gasteiger partial charge is 0.350 e. The van der Waals surface area contributed by atoms with E-state index in [0.29, 0.717) is 25.5 Å². The van der Waals surface area contributed by atoms with Crippen molar-refractivity contribution in [1.82, 2.24) is 19.2 Å². The first-order valence-corrected chi connectivity index (χ1v) is 11.6. The van der Waals surface area contributed by atoms with Gasteiger partial charge in [-0.1, -0.05) is 0 Å². The minimum Gasteiger partial charge on any atom is -0.350 e. The van der Waals surface area contributed by atoms with Crippen LogP contribution in [-0.2, 0) is 34.3 Å². The smallest absolute Gasteiger partial charge is 0.243 e. The molecule has 4 rings (SSSR count). The number of hydrogen-bond donors (Lipinski definition) is 1. The number of rotatable bonds is 5. The lowest BCUT2D eigenvalue weighted by Gasteiger charge is -2.30. The highest BCUT2D eigenvalue weighted by Crippen LogP contribution is 2.25. The van der Waals surface area contributed by atoms with Crippen molar-refractivity contribution >= 4 is 15.9 Å². The van der Waals surface area contributed by atoms with Crippen LogP contribution in [0.2, 0.25) is 0 Å². The molecule has 0 unspecified atom stereocenters. The number of nitrogens with zero attached hydrogens (tertiary/aromatic N) is 3. The molecule has 2 aliphatic heterocycles. The summed E-state index contributed by atoms with van der Waals surface area (Å²) in [7, 11) is -3.93. The minimum atomic E-state index is -3.93. The minimum absolute atomic E-state index is 0.120. The van der Waals surface area contributed by atoms with Crippen LogP contribution in [0.25, 0.3) is 0 Å². The molecule has 2 aromatic rings. The summed E-state index contributed by atoms with van der Waals surface area (Å²) in [6.45, 7) is 1.61. The Bertz CT molecular complexity index is 1020. The fourth-order valence-electron chi connectivity index (χ4n) is 4.02. The molecule has 0 radical (unpaired) electrons. The summed E-state index contributed by atoms with van der Waals surface area (Å²) in [5, 5.41) is 2.90. The third-order valence-corrected chi connectivity index (χ3v) is 7.65. The van der Waals surface area contributed by atoms with Crippen molar-refractivity contribution in [3.63, 3.8) is 0 Å². The number of benzene rings is 1. The Kier molecular flexibility index (Phi) is 5.88. The van der Waals surface area contributed by atoms with Gasteiger partial charge < -0.3 is 9.88 Å². The Hall–Kier alpha value is -2.33. The van der Waals surface area contributed by atoms with Crippen LogP contribution in [-0.4, -0.2) is 41.3 Å². The van der Waals surface area contributed by atoms with Gasteiger partial charge in [-0.15, -0.1) is 0 Å². The Labute approximate surface area is 174 Å². The van der Waals surface area contributed by atoms with Crippen molar-refractivity contribution in [3.8, 4) is 0 Å². The highest BCUT2D eigenvalue weighted by Gasteiger charge is 2.32. The monoisotopic (exact) mass is 438 g/mol. The first kappa shape index (κ1) is 20.9. The molecule has 1 fully saturated rings. The van der Waals surface area contributed by atoms with Crippen LogP contribution in [0.1, 0.15) is 37.2 Å². The molecule has 1 saturated heterocycles. The average molecular weight is 439 g/mol. The van der Waals surface area contributed by atoms with Gasteiger partial charge >= 0.3 is 0 Å². The lowest BCUT2D eigenvalue weighted by atomic mass is 9.97. The molecule has 0 spiro atoms. The molecule has 0 bridgehead atoms. The SMILES string of the molecule is O=C(NCc1cn2c(n1)CCCC2)C1CCN(S(=O)(=O)c2ccc(F)c(F)c2)CC1. The fraction of sp³-hybridized carbons (Fsp3) is 0.500. The summed E-state index contributed by atoms with van der Waals surface area (Å²) in [5.74, 6) is -1.65. The van der Waals surface area contributed by atoms with Crippen LogP contribution >= 0.6 is 0 Å². The van der Waals surface area contributed by atoms with E-state index in [1.54, 1.807) is 0 Å². The van der Waals surface area contributed by atoms with Gasteiger partial charge in [-0.2, -0.15) is 4.31 Å². The summed E-state index contributed by atoms with van der Waals surface area (Å²) >= 11 is 0. The number of hydrogen-bond acceptors (Lipinski definition) is 4. The number of nitrogens with one attached hydrogen (secondary N) is 1. The third kappa shape index (κ3) is 4.24. The molecule has 0 aliphatic carbocycles. The van der Waals surface area contributed by atoms with Crippen LogP contribution in [0, 0.1) is 17.6 Å². The van der Waals surface area contributed by atoms with Crippen molar-refractivity contribution in [2.75, 3.05) is 13.1 Å². The topological polar surface area (TPSA) is 84.3 Å². The van der Waals surface area contributed by atoms with Crippen molar-refractivity contribution in [3.05, 3.63) is 47.5 Å². The van der Waals surface area contributed by atoms with Gasteiger partial charge in [0.25, 0.3) is 0 Å². The molecule has 1 aromatic carbocycles. The van der Waals surface area contributed by atoms with Gasteiger partial charge in [0.15, 0.2) is 11.6 Å². The van der Waals surface area contributed by atoms with E-state index in [1.807, 2.05) is 6.20 Å². The first-order chi connectivity index (χ1) is 14.3. The van der Waals surface area contributed by atoms with Crippen LogP contribution in [0.4, 0.5) is 8.78 Å². The second kappa shape index (κ2) is 8.43. The van der Waals surface area contributed by atoms with E-state index in [0.717, 1.165) is 49.5 Å². The number of aryl methyl sites for hydroxylation is 2. The molecule has 3 heterocycles. The Morgan fingerprint density at radius 3 is 2.60 bits per heavy atom. The number of amides is 1. The van der Waals surface area contributed by atoms with Crippen molar-refractivity contribution in [2.24, 2.45) is 5.92 Å².